The molecule has 1 saturated carbocycles. The number of hydrogen-bond acceptors (Lipinski definition) is 4. The Morgan fingerprint density at radius 2 is 1.78 bits per heavy atom. The van der Waals surface area contributed by atoms with Crippen molar-refractivity contribution < 1.29 is 19.1 Å². The van der Waals surface area contributed by atoms with Gasteiger partial charge in [0.1, 0.15) is 6.61 Å². The van der Waals surface area contributed by atoms with Crippen LogP contribution in [-0.4, -0.2) is 38.4 Å². The summed E-state index contributed by atoms with van der Waals surface area (Å²) in [6, 6.07) is 8.95. The molecule has 3 N–H and O–H groups in total. The molecule has 6 nitrogen and oxygen atoms in total. The quantitative estimate of drug-likeness (QED) is 0.295. The molecule has 2 aliphatic carbocycles. The Morgan fingerprint density at radius 1 is 1.11 bits per heavy atom. The molecule has 1 saturated heterocycles. The van der Waals surface area contributed by atoms with E-state index in [1.165, 1.54) is 64.2 Å². The van der Waals surface area contributed by atoms with Crippen molar-refractivity contribution in [2.45, 2.75) is 103 Å². The maximum atomic E-state index is 10.6. The maximum Gasteiger partial charge on any atom is 0.407 e. The molecule has 1 unspecified atom stereocenters. The number of aryl methyl sites for hydroxylation is 1. The van der Waals surface area contributed by atoms with Crippen molar-refractivity contribution in [1.82, 2.24) is 5.32 Å². The summed E-state index contributed by atoms with van der Waals surface area (Å²) >= 11 is 0. The van der Waals surface area contributed by atoms with E-state index in [9.17, 15) is 4.79 Å². The summed E-state index contributed by atoms with van der Waals surface area (Å²) in [6.45, 7) is 7.80. The van der Waals surface area contributed by atoms with Gasteiger partial charge in [-0.05, 0) is 87.7 Å². The lowest BCUT2D eigenvalue weighted by molar-refractivity contribution is -0.106. The lowest BCUT2D eigenvalue weighted by Crippen LogP contribution is -2.39. The van der Waals surface area contributed by atoms with Crippen LogP contribution in [0, 0.1) is 11.8 Å². The average Bonchev–Trinajstić information content (AvgIpc) is 3.53. The Balaban J connectivity index is 0.000000280. The third-order valence-electron chi connectivity index (χ3n) is 7.20. The van der Waals surface area contributed by atoms with E-state index in [0.717, 1.165) is 31.3 Å². The van der Waals surface area contributed by atoms with Gasteiger partial charge in [-0.1, -0.05) is 69.5 Å². The van der Waals surface area contributed by atoms with Gasteiger partial charge in [0.2, 0.25) is 6.41 Å². The largest absolute Gasteiger partial charge is 0.447 e. The second-order valence-electron chi connectivity index (χ2n) is 10.6. The van der Waals surface area contributed by atoms with Gasteiger partial charge in [-0.25, -0.2) is 4.79 Å². The number of rotatable bonds is 8. The van der Waals surface area contributed by atoms with Gasteiger partial charge in [0.05, 0.1) is 5.54 Å². The third kappa shape index (κ3) is 14.2. The monoisotopic (exact) mass is 516 g/mol. The summed E-state index contributed by atoms with van der Waals surface area (Å²) in [4.78, 5) is 19.2. The van der Waals surface area contributed by atoms with Crippen LogP contribution in [0.3, 0.4) is 0 Å². The molecule has 37 heavy (non-hydrogen) atoms. The average molecular weight is 517 g/mol. The van der Waals surface area contributed by atoms with Gasteiger partial charge < -0.3 is 20.5 Å². The van der Waals surface area contributed by atoms with Crippen LogP contribution in [0.5, 0.6) is 0 Å². The van der Waals surface area contributed by atoms with Gasteiger partial charge >= 0.3 is 6.09 Å². The molecule has 1 aliphatic heterocycles. The smallest absolute Gasteiger partial charge is 0.407 e. The Morgan fingerprint density at radius 3 is 2.35 bits per heavy atom. The summed E-state index contributed by atoms with van der Waals surface area (Å²) in [6.07, 6.45) is 20.1. The van der Waals surface area contributed by atoms with Gasteiger partial charge in [0, 0.05) is 13.7 Å². The van der Waals surface area contributed by atoms with Crippen molar-refractivity contribution in [2.75, 3.05) is 20.3 Å². The van der Waals surface area contributed by atoms with Crippen molar-refractivity contribution in [3.63, 3.8) is 0 Å². The van der Waals surface area contributed by atoms with E-state index in [4.69, 9.17) is 14.3 Å². The molecule has 3 aliphatic rings. The zero-order valence-corrected chi connectivity index (χ0v) is 23.8. The van der Waals surface area contributed by atoms with Crippen molar-refractivity contribution >= 4 is 12.5 Å². The number of primary amides is 1. The van der Waals surface area contributed by atoms with Gasteiger partial charge in [0.25, 0.3) is 0 Å². The third-order valence-corrected chi connectivity index (χ3v) is 7.20. The second-order valence-corrected chi connectivity index (χ2v) is 10.6. The van der Waals surface area contributed by atoms with Crippen LogP contribution in [0.25, 0.3) is 0 Å². The number of ether oxygens (including phenoxy) is 2. The number of fused-ring (bicyclic) bond motifs is 1. The lowest BCUT2D eigenvalue weighted by Gasteiger charge is -2.24. The van der Waals surface area contributed by atoms with Gasteiger partial charge in [-0.3, -0.25) is 4.79 Å². The summed E-state index contributed by atoms with van der Waals surface area (Å²) in [5.41, 5.74) is 7.24. The first-order chi connectivity index (χ1) is 17.9. The molecule has 0 radical (unpaired) electrons. The normalized spacial score (nSPS) is 22.3. The van der Waals surface area contributed by atoms with Gasteiger partial charge in [0.15, 0.2) is 0 Å². The highest BCUT2D eigenvalue weighted by molar-refractivity contribution is 5.70. The second kappa shape index (κ2) is 19.7. The Labute approximate surface area is 225 Å². The van der Waals surface area contributed by atoms with Crippen molar-refractivity contribution in [3.05, 3.63) is 47.5 Å². The number of nitrogens with one attached hydrogen (secondary N) is 1. The maximum absolute atomic E-state index is 10.6. The van der Waals surface area contributed by atoms with E-state index >= 15 is 0 Å². The highest BCUT2D eigenvalue weighted by Crippen LogP contribution is 2.28. The number of carbonyl (C=O) groups is 2. The van der Waals surface area contributed by atoms with E-state index in [1.54, 1.807) is 18.2 Å². The predicted molar refractivity (Wildman–Crippen MR) is 153 cm³/mol. The summed E-state index contributed by atoms with van der Waals surface area (Å²) in [5, 5.41) is 2.77. The zero-order chi connectivity index (χ0) is 27.4. The molecule has 6 heteroatoms. The van der Waals surface area contributed by atoms with E-state index in [0.29, 0.717) is 6.61 Å². The van der Waals surface area contributed by atoms with Gasteiger partial charge in [-0.2, -0.15) is 0 Å². The fraction of sp³-hybridized carbons (Fsp3) is 0.677. The van der Waals surface area contributed by atoms with E-state index in [-0.39, 0.29) is 18.0 Å². The molecule has 210 valence electrons. The van der Waals surface area contributed by atoms with Crippen molar-refractivity contribution in [2.24, 2.45) is 17.6 Å². The molecule has 1 aromatic carbocycles. The first-order valence-electron chi connectivity index (χ1n) is 14.2. The number of hydrogen-bond donors (Lipinski definition) is 2. The van der Waals surface area contributed by atoms with Crippen molar-refractivity contribution in [3.8, 4) is 0 Å². The van der Waals surface area contributed by atoms with Crippen molar-refractivity contribution in [1.29, 1.82) is 0 Å². The van der Waals surface area contributed by atoms with Crippen LogP contribution in [0.2, 0.25) is 0 Å². The minimum atomic E-state index is -0.282. The number of nitrogens with two attached hydrogens (primary N) is 1. The molecule has 2 fully saturated rings. The Bertz CT molecular complexity index is 776. The number of amides is 2. The molecule has 0 bridgehead atoms. The fourth-order valence-electron chi connectivity index (χ4n) is 5.28. The highest BCUT2D eigenvalue weighted by atomic mass is 16.6. The first kappa shape index (κ1) is 32.7. The molecule has 1 aromatic rings. The van der Waals surface area contributed by atoms with Crippen LogP contribution in [-0.2, 0) is 27.1 Å². The van der Waals surface area contributed by atoms with Crippen LogP contribution in [0.1, 0.15) is 96.1 Å². The number of methoxy groups -OCH3 is 1. The van der Waals surface area contributed by atoms with Crippen LogP contribution < -0.4 is 11.1 Å². The topological polar surface area (TPSA) is 90.7 Å². The molecule has 1 heterocycles. The van der Waals surface area contributed by atoms with Crippen LogP contribution >= 0.6 is 0 Å². The van der Waals surface area contributed by atoms with E-state index in [1.807, 2.05) is 6.92 Å². The number of benzene rings is 1. The first-order valence-corrected chi connectivity index (χ1v) is 14.2. The van der Waals surface area contributed by atoms with Gasteiger partial charge in [-0.15, -0.1) is 0 Å². The molecule has 2 amide bonds. The number of alkyl carbamates (subject to hydrolysis) is 1. The molecular weight excluding hydrogens is 464 g/mol. The minimum absolute atomic E-state index is 0.105. The summed E-state index contributed by atoms with van der Waals surface area (Å²) in [7, 11) is 1.79. The molecule has 2 atom stereocenters. The number of carbonyl (C=O) groups excluding carboxylic acids is 2. The lowest BCUT2D eigenvalue weighted by atomic mass is 9.82. The van der Waals surface area contributed by atoms with Crippen LogP contribution in [0.4, 0.5) is 4.79 Å². The van der Waals surface area contributed by atoms with Crippen LogP contribution in [0.15, 0.2) is 36.4 Å². The van der Waals surface area contributed by atoms with E-state index in [2.05, 4.69) is 61.3 Å². The number of cyclic esters (lactones) is 1. The number of allylic oxidation sites excluding steroid dienone is 2. The summed E-state index contributed by atoms with van der Waals surface area (Å²) in [5.74, 6) is 1.80. The molecular formula is C31H52N2O4. The fourth-order valence-corrected chi connectivity index (χ4v) is 5.28. The Hall–Kier alpha value is -2.34. The van der Waals surface area contributed by atoms with E-state index < -0.39 is 0 Å². The standard InChI is InChI=1S/C16H22.C7H13NO2.C7H14O.CH3NO/c1-2-3-4-5-8-14-11-12-15-9-6-7-10-16(15)13-14;1-3-4-7(2)5-10-6(9)8-7;1-8-6-7-4-2-3-5-7;2-1-3/h3-4,6-7,9-10,14H,2,5,8,11-13H2,1H3;3-5H2,1-2H3,(H,8,9);7H,2-6H2,1H3;1H,(H2,2,3)/b4-3-;;;/t;7-;;/m.0../s1. The zero-order valence-electron chi connectivity index (χ0n) is 23.8. The highest BCUT2D eigenvalue weighted by Gasteiger charge is 2.33. The Kier molecular flexibility index (Phi) is 17.4. The molecule has 0 spiro atoms. The molecule has 0 aromatic heterocycles. The summed E-state index contributed by atoms with van der Waals surface area (Å²) < 4.78 is 9.80. The molecule has 4 rings (SSSR count). The minimum Gasteiger partial charge on any atom is -0.447 e. The SMILES string of the molecule is CC/C=C\CCC1CCc2ccccc2C1.CCC[C@@]1(C)COC(=O)N1.COCC1CCCC1.NC=O. The predicted octanol–water partition coefficient (Wildman–Crippen LogP) is 6.75.